The lowest BCUT2D eigenvalue weighted by Gasteiger charge is -2.27. The quantitative estimate of drug-likeness (QED) is 0.335. The van der Waals surface area contributed by atoms with Crippen LogP contribution < -0.4 is 4.74 Å². The molecule has 0 N–H and O–H groups in total. The third-order valence-electron chi connectivity index (χ3n) is 7.90. The lowest BCUT2D eigenvalue weighted by molar-refractivity contribution is 0.0714. The second-order valence-electron chi connectivity index (χ2n) is 10.9. The Hall–Kier alpha value is -3.91. The molecule has 4 aromatic rings. The largest absolute Gasteiger partial charge is 0.491 e. The second kappa shape index (κ2) is 12.5. The zero-order valence-electron chi connectivity index (χ0n) is 24.0. The van der Waals surface area contributed by atoms with Gasteiger partial charge in [0.25, 0.3) is 5.91 Å². The van der Waals surface area contributed by atoms with Gasteiger partial charge < -0.3 is 19.1 Å². The summed E-state index contributed by atoms with van der Waals surface area (Å²) in [6, 6.07) is 18.8. The predicted octanol–water partition coefficient (Wildman–Crippen LogP) is 5.61. The van der Waals surface area contributed by atoms with E-state index in [0.29, 0.717) is 37.1 Å². The van der Waals surface area contributed by atoms with E-state index in [0.717, 1.165) is 49.4 Å². The van der Waals surface area contributed by atoms with Crippen molar-refractivity contribution in [2.75, 3.05) is 33.3 Å². The van der Waals surface area contributed by atoms with Gasteiger partial charge in [-0.3, -0.25) is 9.48 Å². The molecule has 40 heavy (non-hydrogen) atoms. The van der Waals surface area contributed by atoms with Crippen LogP contribution in [0.4, 0.5) is 0 Å². The molecule has 5 rings (SSSR count). The normalized spacial score (nSPS) is 17.6. The van der Waals surface area contributed by atoms with Gasteiger partial charge in [-0.1, -0.05) is 53.2 Å². The number of carbonyl (C=O) groups is 1. The van der Waals surface area contributed by atoms with E-state index in [1.807, 2.05) is 24.9 Å². The van der Waals surface area contributed by atoms with Crippen LogP contribution in [-0.4, -0.2) is 63.9 Å². The first-order valence-electron chi connectivity index (χ1n) is 14.1. The second-order valence-corrected chi connectivity index (χ2v) is 10.9. The summed E-state index contributed by atoms with van der Waals surface area (Å²) in [6.07, 6.45) is 4.67. The number of rotatable bonds is 3. The van der Waals surface area contributed by atoms with Crippen LogP contribution in [0.1, 0.15) is 58.1 Å². The van der Waals surface area contributed by atoms with Crippen molar-refractivity contribution in [3.05, 3.63) is 88.9 Å². The van der Waals surface area contributed by atoms with Crippen molar-refractivity contribution in [1.82, 2.24) is 24.7 Å². The van der Waals surface area contributed by atoms with E-state index in [4.69, 9.17) is 9.26 Å². The van der Waals surface area contributed by atoms with Crippen LogP contribution in [0, 0.1) is 13.8 Å². The molecule has 0 spiro atoms. The van der Waals surface area contributed by atoms with E-state index in [9.17, 15) is 4.79 Å². The van der Waals surface area contributed by atoms with E-state index in [2.05, 4.69) is 71.6 Å². The third kappa shape index (κ3) is 6.45. The highest BCUT2D eigenvalue weighted by Crippen LogP contribution is 2.28. The first kappa shape index (κ1) is 27.6. The summed E-state index contributed by atoms with van der Waals surface area (Å²) in [7, 11) is 4.06. The summed E-state index contributed by atoms with van der Waals surface area (Å²) >= 11 is 0. The van der Waals surface area contributed by atoms with E-state index in [1.54, 1.807) is 16.9 Å². The maximum absolute atomic E-state index is 13.7. The Morgan fingerprint density at radius 2 is 1.80 bits per heavy atom. The molecule has 2 aromatic carbocycles. The molecule has 0 radical (unpaired) electrons. The van der Waals surface area contributed by atoms with E-state index in [-0.39, 0.29) is 5.91 Å². The lowest BCUT2D eigenvalue weighted by Crippen LogP contribution is -2.36. The van der Waals surface area contributed by atoms with Crippen molar-refractivity contribution < 1.29 is 14.1 Å². The molecule has 1 unspecified atom stereocenters. The van der Waals surface area contributed by atoms with Crippen molar-refractivity contribution in [2.45, 2.75) is 45.6 Å². The molecular weight excluding hydrogens is 502 g/mol. The predicted molar refractivity (Wildman–Crippen MR) is 155 cm³/mol. The molecule has 8 heteroatoms. The fourth-order valence-electron chi connectivity index (χ4n) is 5.44. The highest BCUT2D eigenvalue weighted by Gasteiger charge is 2.23. The zero-order valence-corrected chi connectivity index (χ0v) is 24.0. The molecule has 1 atom stereocenters. The summed E-state index contributed by atoms with van der Waals surface area (Å²) < 4.78 is 13.6. The van der Waals surface area contributed by atoms with Crippen LogP contribution in [0.5, 0.6) is 5.75 Å². The van der Waals surface area contributed by atoms with Gasteiger partial charge >= 0.3 is 0 Å². The van der Waals surface area contributed by atoms with Crippen LogP contribution in [0.15, 0.2) is 65.3 Å². The van der Waals surface area contributed by atoms with Crippen molar-refractivity contribution in [2.24, 2.45) is 7.05 Å². The molecule has 0 aliphatic carbocycles. The Kier molecular flexibility index (Phi) is 8.65. The summed E-state index contributed by atoms with van der Waals surface area (Å²) in [5.74, 6) is 1.69. The minimum Gasteiger partial charge on any atom is -0.491 e. The van der Waals surface area contributed by atoms with Gasteiger partial charge in [0.05, 0.1) is 18.3 Å². The summed E-state index contributed by atoms with van der Waals surface area (Å²) in [5, 5.41) is 8.43. The molecule has 3 heterocycles. The van der Waals surface area contributed by atoms with Crippen LogP contribution >= 0.6 is 0 Å². The van der Waals surface area contributed by atoms with E-state index >= 15 is 0 Å². The molecule has 8 nitrogen and oxygen atoms in total. The summed E-state index contributed by atoms with van der Waals surface area (Å²) in [6.45, 7) is 7.35. The first-order chi connectivity index (χ1) is 19.4. The van der Waals surface area contributed by atoms with Crippen molar-refractivity contribution in [3.63, 3.8) is 0 Å². The number of fused-ring (bicyclic) bond motifs is 1. The topological polar surface area (TPSA) is 76.6 Å². The Bertz CT molecular complexity index is 1430. The number of hydrogen-bond acceptors (Lipinski definition) is 6. The fraction of sp³-hybridized carbons (Fsp3) is 0.406. The van der Waals surface area contributed by atoms with Gasteiger partial charge in [-0.2, -0.15) is 5.10 Å². The highest BCUT2D eigenvalue weighted by atomic mass is 16.5. The standard InChI is InChI=1S/C32H39N5O3/c1-23-12-13-30-27(19-23)22-35(3)16-14-26(25-9-6-5-7-10-25)11-8-15-37(17-18-39-30)32(38)29-20-31(40-34-29)28-21-33-36(4)24(28)2/h5-7,9-10,12-13,19-21,26H,8,11,14-18,22H2,1-4H3. The molecule has 0 fully saturated rings. The van der Waals surface area contributed by atoms with Crippen LogP contribution in [-0.2, 0) is 13.6 Å². The van der Waals surface area contributed by atoms with Crippen LogP contribution in [0.3, 0.4) is 0 Å². The van der Waals surface area contributed by atoms with Gasteiger partial charge in [-0.25, -0.2) is 0 Å². The van der Waals surface area contributed by atoms with Gasteiger partial charge in [0, 0.05) is 37.5 Å². The average Bonchev–Trinajstić information content (AvgIpc) is 3.57. The first-order valence-corrected chi connectivity index (χ1v) is 14.1. The number of hydrogen-bond donors (Lipinski definition) is 0. The molecule has 210 valence electrons. The van der Waals surface area contributed by atoms with Gasteiger partial charge in [0.2, 0.25) is 0 Å². The third-order valence-corrected chi connectivity index (χ3v) is 7.90. The van der Waals surface area contributed by atoms with Gasteiger partial charge in [0.1, 0.15) is 12.4 Å². The molecule has 2 aromatic heterocycles. The Balaban J connectivity index is 1.38. The number of nitrogens with zero attached hydrogens (tertiary/aromatic N) is 5. The monoisotopic (exact) mass is 541 g/mol. The average molecular weight is 542 g/mol. The van der Waals surface area contributed by atoms with Crippen molar-refractivity contribution in [1.29, 1.82) is 0 Å². The number of amides is 1. The lowest BCUT2D eigenvalue weighted by atomic mass is 9.91. The minimum absolute atomic E-state index is 0.146. The number of ether oxygens (including phenoxy) is 1. The number of aryl methyl sites for hydroxylation is 2. The van der Waals surface area contributed by atoms with Gasteiger partial charge in [0.15, 0.2) is 11.5 Å². The van der Waals surface area contributed by atoms with E-state index in [1.165, 1.54) is 16.7 Å². The SMILES string of the molecule is Cc1ccc2c(c1)CN(C)CCC(c1ccccc1)CCCN(C(=O)c1cc(-c3cnn(C)c3C)on1)CCO2. The molecule has 1 aliphatic rings. The fourth-order valence-corrected chi connectivity index (χ4v) is 5.44. The number of benzene rings is 2. The molecule has 0 saturated carbocycles. The van der Waals surface area contributed by atoms with Gasteiger partial charge in [-0.05, 0) is 64.3 Å². The molecule has 0 saturated heterocycles. The molecule has 0 bridgehead atoms. The maximum atomic E-state index is 13.7. The molecule has 1 amide bonds. The summed E-state index contributed by atoms with van der Waals surface area (Å²) in [4.78, 5) is 17.9. The van der Waals surface area contributed by atoms with Gasteiger partial charge in [-0.15, -0.1) is 0 Å². The Morgan fingerprint density at radius 1 is 0.975 bits per heavy atom. The minimum atomic E-state index is -0.146. The Morgan fingerprint density at radius 3 is 2.58 bits per heavy atom. The number of carbonyl (C=O) groups excluding carboxylic acids is 1. The molecule has 1 aliphatic heterocycles. The zero-order chi connectivity index (χ0) is 28.1. The Labute approximate surface area is 236 Å². The van der Waals surface area contributed by atoms with Crippen molar-refractivity contribution in [3.8, 4) is 17.1 Å². The smallest absolute Gasteiger partial charge is 0.276 e. The number of aromatic nitrogens is 3. The maximum Gasteiger partial charge on any atom is 0.276 e. The molecular formula is C32H39N5O3. The van der Waals surface area contributed by atoms with Crippen LogP contribution in [0.25, 0.3) is 11.3 Å². The van der Waals surface area contributed by atoms with Crippen LogP contribution in [0.2, 0.25) is 0 Å². The highest BCUT2D eigenvalue weighted by molar-refractivity contribution is 5.93. The summed E-state index contributed by atoms with van der Waals surface area (Å²) in [5.41, 5.74) is 5.82. The van der Waals surface area contributed by atoms with Crippen molar-refractivity contribution >= 4 is 5.91 Å². The van der Waals surface area contributed by atoms with E-state index < -0.39 is 0 Å².